The predicted molar refractivity (Wildman–Crippen MR) is 180 cm³/mol. The fraction of sp³-hybridized carbons (Fsp3) is 0.432. The Labute approximate surface area is 263 Å². The third-order valence-electron chi connectivity index (χ3n) is 10.2. The van der Waals surface area contributed by atoms with Gasteiger partial charge >= 0.3 is 0 Å². The smallest absolute Gasteiger partial charge is 0.159 e. The molecule has 3 fully saturated rings. The van der Waals surface area contributed by atoms with Crippen molar-refractivity contribution in [1.29, 1.82) is 0 Å². The van der Waals surface area contributed by atoms with E-state index in [0.29, 0.717) is 45.3 Å². The molecule has 0 bridgehead atoms. The third-order valence-corrected chi connectivity index (χ3v) is 10.2. The Morgan fingerprint density at radius 1 is 1.09 bits per heavy atom. The molecule has 4 heterocycles. The van der Waals surface area contributed by atoms with Crippen LogP contribution in [-0.2, 0) is 6.42 Å². The van der Waals surface area contributed by atoms with Gasteiger partial charge in [-0.2, -0.15) is 0 Å². The minimum Gasteiger partial charge on any atom is -0.398 e. The maximum atomic E-state index is 17.3. The largest absolute Gasteiger partial charge is 0.398 e. The first-order valence-electron chi connectivity index (χ1n) is 16.0. The van der Waals surface area contributed by atoms with E-state index in [0.717, 1.165) is 38.2 Å². The van der Waals surface area contributed by atoms with E-state index >= 15 is 8.78 Å². The molecule has 232 valence electrons. The molecule has 7 rings (SSSR count). The molecule has 3 aliphatic heterocycles. The zero-order chi connectivity index (χ0) is 31.7. The van der Waals surface area contributed by atoms with Crippen LogP contribution in [0.3, 0.4) is 0 Å². The number of nitrogens with two attached hydrogens (primary N) is 1. The van der Waals surface area contributed by atoms with Gasteiger partial charge in [0.25, 0.3) is 0 Å². The molecule has 4 aromatic rings. The van der Waals surface area contributed by atoms with E-state index in [9.17, 15) is 0 Å². The zero-order valence-electron chi connectivity index (χ0n) is 26.6. The van der Waals surface area contributed by atoms with Crippen molar-refractivity contribution in [2.45, 2.75) is 64.8 Å². The van der Waals surface area contributed by atoms with Crippen LogP contribution in [0, 0.1) is 36.3 Å². The fourth-order valence-electron chi connectivity index (χ4n) is 8.32. The Balaban J connectivity index is 1.49. The standard InChI is InChI=1S/C37H40F2N6/c1-6-24-27(38)10-9-23-17-22(2)18-25(29(23)24)30-32(39)34-31(26(19-41-5)33(30)40)35(44-20-36(3,4)21-44)43-28(42-34)11-14-37-12-7-15-45(37)16-8-13-37/h1,9-10,17-19H,7-8,11-16,20-21,40H2,2-5H3. The van der Waals surface area contributed by atoms with Crippen molar-refractivity contribution < 1.29 is 8.78 Å². The summed E-state index contributed by atoms with van der Waals surface area (Å²) in [5.74, 6) is 2.73. The highest BCUT2D eigenvalue weighted by atomic mass is 19.1. The number of aryl methyl sites for hydroxylation is 2. The molecule has 3 saturated heterocycles. The predicted octanol–water partition coefficient (Wildman–Crippen LogP) is 7.06. The molecule has 3 aromatic carbocycles. The summed E-state index contributed by atoms with van der Waals surface area (Å²) in [4.78, 5) is 19.2. The van der Waals surface area contributed by atoms with E-state index in [2.05, 4.69) is 34.6 Å². The number of aliphatic imine (C=N–C) groups is 1. The second-order valence-corrected chi connectivity index (χ2v) is 14.0. The summed E-state index contributed by atoms with van der Waals surface area (Å²) < 4.78 is 32.4. The maximum absolute atomic E-state index is 17.3. The number of halogens is 2. The first kappa shape index (κ1) is 29.6. The molecular formula is C37H40F2N6. The van der Waals surface area contributed by atoms with Gasteiger partial charge in [0.1, 0.15) is 23.0 Å². The number of aromatic nitrogens is 2. The Morgan fingerprint density at radius 2 is 1.82 bits per heavy atom. The van der Waals surface area contributed by atoms with E-state index in [1.165, 1.54) is 31.7 Å². The van der Waals surface area contributed by atoms with Crippen LogP contribution in [0.25, 0.3) is 32.8 Å². The fourth-order valence-corrected chi connectivity index (χ4v) is 8.32. The van der Waals surface area contributed by atoms with Crippen LogP contribution < -0.4 is 10.6 Å². The summed E-state index contributed by atoms with van der Waals surface area (Å²) in [7, 11) is 1.66. The number of nitrogen functional groups attached to an aromatic ring is 1. The number of rotatable bonds is 6. The average Bonchev–Trinajstić information content (AvgIpc) is 3.57. The first-order chi connectivity index (χ1) is 21.6. The van der Waals surface area contributed by atoms with Gasteiger partial charge in [-0.05, 0) is 80.1 Å². The lowest BCUT2D eigenvalue weighted by Gasteiger charge is -2.47. The molecule has 0 radical (unpaired) electrons. The lowest BCUT2D eigenvalue weighted by Crippen LogP contribution is -2.53. The summed E-state index contributed by atoms with van der Waals surface area (Å²) in [6.45, 7) is 10.2. The maximum Gasteiger partial charge on any atom is 0.159 e. The Hall–Kier alpha value is -4.09. The van der Waals surface area contributed by atoms with Gasteiger partial charge in [-0.15, -0.1) is 6.42 Å². The molecule has 1 aromatic heterocycles. The molecular weight excluding hydrogens is 566 g/mol. The SMILES string of the molecule is C#Cc1c(F)ccc2cc(C)cc(-c3c(N)c(C=NC)c4c(N5CC(C)(C)C5)nc(CCC56CCCN5CCC6)nc4c3F)c12. The van der Waals surface area contributed by atoms with Gasteiger partial charge in [0.05, 0.1) is 16.6 Å². The molecule has 2 N–H and O–H groups in total. The van der Waals surface area contributed by atoms with Gasteiger partial charge in [0, 0.05) is 54.8 Å². The lowest BCUT2D eigenvalue weighted by molar-refractivity contribution is 0.181. The van der Waals surface area contributed by atoms with Crippen LogP contribution in [-0.4, -0.2) is 59.8 Å². The Morgan fingerprint density at radius 3 is 2.49 bits per heavy atom. The van der Waals surface area contributed by atoms with Gasteiger partial charge in [-0.3, -0.25) is 9.89 Å². The van der Waals surface area contributed by atoms with Crippen molar-refractivity contribution in [2.75, 3.05) is 43.9 Å². The molecule has 0 saturated carbocycles. The van der Waals surface area contributed by atoms with Gasteiger partial charge in [-0.25, -0.2) is 18.7 Å². The molecule has 0 aliphatic carbocycles. The number of hydrogen-bond donors (Lipinski definition) is 1. The number of terminal acetylenes is 1. The highest BCUT2D eigenvalue weighted by Gasteiger charge is 2.44. The van der Waals surface area contributed by atoms with Crippen molar-refractivity contribution in [2.24, 2.45) is 10.4 Å². The Bertz CT molecular complexity index is 1920. The summed E-state index contributed by atoms with van der Waals surface area (Å²) in [6.07, 6.45) is 13.9. The summed E-state index contributed by atoms with van der Waals surface area (Å²) >= 11 is 0. The second kappa shape index (κ2) is 10.8. The minimum absolute atomic E-state index is 0.0796. The van der Waals surface area contributed by atoms with Gasteiger partial charge in [-0.1, -0.05) is 38.0 Å². The summed E-state index contributed by atoms with van der Waals surface area (Å²) in [5.41, 5.74) is 9.73. The Kier molecular flexibility index (Phi) is 7.09. The van der Waals surface area contributed by atoms with Crippen LogP contribution in [0.5, 0.6) is 0 Å². The van der Waals surface area contributed by atoms with Crippen LogP contribution >= 0.6 is 0 Å². The molecule has 45 heavy (non-hydrogen) atoms. The highest BCUT2D eigenvalue weighted by Crippen LogP contribution is 2.46. The van der Waals surface area contributed by atoms with Crippen molar-refractivity contribution >= 4 is 39.4 Å². The van der Waals surface area contributed by atoms with Crippen molar-refractivity contribution in [1.82, 2.24) is 14.9 Å². The average molecular weight is 607 g/mol. The number of benzene rings is 3. The number of anilines is 2. The van der Waals surface area contributed by atoms with Crippen molar-refractivity contribution in [3.05, 3.63) is 58.4 Å². The van der Waals surface area contributed by atoms with Crippen LogP contribution in [0.4, 0.5) is 20.3 Å². The molecule has 0 atom stereocenters. The van der Waals surface area contributed by atoms with Crippen LogP contribution in [0.15, 0.2) is 29.3 Å². The number of hydrogen-bond acceptors (Lipinski definition) is 6. The lowest BCUT2D eigenvalue weighted by atomic mass is 9.84. The van der Waals surface area contributed by atoms with E-state index in [-0.39, 0.29) is 33.3 Å². The summed E-state index contributed by atoms with van der Waals surface area (Å²) in [5, 5.41) is 1.72. The normalized spacial score (nSPS) is 19.0. The third kappa shape index (κ3) is 4.75. The van der Waals surface area contributed by atoms with E-state index in [4.69, 9.17) is 22.1 Å². The quantitative estimate of drug-likeness (QED) is 0.145. The molecule has 3 aliphatic rings. The van der Waals surface area contributed by atoms with E-state index in [1.54, 1.807) is 19.3 Å². The number of fused-ring (bicyclic) bond motifs is 3. The zero-order valence-corrected chi connectivity index (χ0v) is 26.6. The molecule has 8 heteroatoms. The van der Waals surface area contributed by atoms with Gasteiger partial charge < -0.3 is 10.6 Å². The first-order valence-corrected chi connectivity index (χ1v) is 16.0. The number of nitrogens with zero attached hydrogens (tertiary/aromatic N) is 5. The van der Waals surface area contributed by atoms with Crippen molar-refractivity contribution in [3.63, 3.8) is 0 Å². The van der Waals surface area contributed by atoms with E-state index < -0.39 is 11.6 Å². The van der Waals surface area contributed by atoms with Crippen LogP contribution in [0.2, 0.25) is 0 Å². The van der Waals surface area contributed by atoms with E-state index in [1.807, 2.05) is 19.1 Å². The molecule has 0 amide bonds. The topological polar surface area (TPSA) is 70.6 Å². The second-order valence-electron chi connectivity index (χ2n) is 14.0. The molecule has 0 spiro atoms. The highest BCUT2D eigenvalue weighted by molar-refractivity contribution is 6.15. The van der Waals surface area contributed by atoms with Crippen molar-refractivity contribution in [3.8, 4) is 23.5 Å². The summed E-state index contributed by atoms with van der Waals surface area (Å²) in [6, 6.07) is 6.77. The monoisotopic (exact) mass is 606 g/mol. The minimum atomic E-state index is -0.555. The molecule has 6 nitrogen and oxygen atoms in total. The van der Waals surface area contributed by atoms with Gasteiger partial charge in [0.15, 0.2) is 5.82 Å². The molecule has 0 unspecified atom stereocenters. The van der Waals surface area contributed by atoms with Crippen LogP contribution in [0.1, 0.15) is 68.5 Å². The van der Waals surface area contributed by atoms with Gasteiger partial charge in [0.2, 0.25) is 0 Å².